The van der Waals surface area contributed by atoms with Gasteiger partial charge in [0, 0.05) is 47.3 Å². The van der Waals surface area contributed by atoms with Crippen LogP contribution in [0, 0.1) is 12.8 Å². The van der Waals surface area contributed by atoms with Gasteiger partial charge in [0.1, 0.15) is 0 Å². The van der Waals surface area contributed by atoms with Crippen LogP contribution in [0.5, 0.6) is 0 Å². The van der Waals surface area contributed by atoms with Gasteiger partial charge in [0.15, 0.2) is 0 Å². The maximum atomic E-state index is 12.6. The molecule has 2 aromatic carbocycles. The number of hydrogen-bond donors (Lipinski definition) is 2. The lowest BCUT2D eigenvalue weighted by Gasteiger charge is -2.19. The van der Waals surface area contributed by atoms with Crippen molar-refractivity contribution >= 4 is 40.0 Å². The molecule has 0 saturated carbocycles. The first kappa shape index (κ1) is 18.6. The van der Waals surface area contributed by atoms with Gasteiger partial charge in [0.2, 0.25) is 11.8 Å². The van der Waals surface area contributed by atoms with E-state index in [0.29, 0.717) is 24.5 Å². The van der Waals surface area contributed by atoms with Crippen LogP contribution in [0.1, 0.15) is 17.5 Å². The van der Waals surface area contributed by atoms with E-state index in [1.54, 1.807) is 4.90 Å². The quantitative estimate of drug-likeness (QED) is 0.689. The number of nitrogens with zero attached hydrogens (tertiary/aromatic N) is 1. The van der Waals surface area contributed by atoms with Gasteiger partial charge in [-0.2, -0.15) is 0 Å². The predicted molar refractivity (Wildman–Crippen MR) is 112 cm³/mol. The van der Waals surface area contributed by atoms with Crippen LogP contribution in [0.2, 0.25) is 5.02 Å². The summed E-state index contributed by atoms with van der Waals surface area (Å²) in [6.45, 7) is 2.93. The molecular weight excluding hydrogens is 374 g/mol. The molecule has 28 heavy (non-hydrogen) atoms. The average Bonchev–Trinajstić information content (AvgIpc) is 3.26. The number of aromatic nitrogens is 1. The van der Waals surface area contributed by atoms with Crippen molar-refractivity contribution < 1.29 is 9.59 Å². The maximum absolute atomic E-state index is 12.6. The number of amides is 2. The number of benzene rings is 2. The Kier molecular flexibility index (Phi) is 5.09. The van der Waals surface area contributed by atoms with Gasteiger partial charge in [-0.3, -0.25) is 9.59 Å². The van der Waals surface area contributed by atoms with Crippen molar-refractivity contribution in [3.05, 3.63) is 64.8 Å². The first-order valence-corrected chi connectivity index (χ1v) is 9.80. The Labute approximate surface area is 168 Å². The van der Waals surface area contributed by atoms with Crippen molar-refractivity contribution in [3.63, 3.8) is 0 Å². The number of aromatic amines is 1. The molecule has 6 heteroatoms. The standard InChI is InChI=1S/C22H22ClN3O2/c1-14-4-2-3-5-20(14)26-13-16(10-21(26)27)22(28)24-9-8-15-12-25-19-7-6-17(23)11-18(15)19/h2-7,11-12,16,25H,8-10,13H2,1H3,(H,24,28). The van der Waals surface area contributed by atoms with E-state index in [-0.39, 0.29) is 24.2 Å². The molecule has 1 fully saturated rings. The molecular formula is C22H22ClN3O2. The fourth-order valence-corrected chi connectivity index (χ4v) is 3.98. The van der Waals surface area contributed by atoms with E-state index in [4.69, 9.17) is 11.6 Å². The third-order valence-electron chi connectivity index (χ3n) is 5.33. The van der Waals surface area contributed by atoms with Crippen molar-refractivity contribution in [2.75, 3.05) is 18.0 Å². The molecule has 1 unspecified atom stereocenters. The highest BCUT2D eigenvalue weighted by Gasteiger charge is 2.35. The van der Waals surface area contributed by atoms with Crippen LogP contribution in [0.25, 0.3) is 10.9 Å². The summed E-state index contributed by atoms with van der Waals surface area (Å²) in [6, 6.07) is 13.5. The van der Waals surface area contributed by atoms with Crippen molar-refractivity contribution in [3.8, 4) is 0 Å². The molecule has 2 amide bonds. The molecule has 1 aliphatic rings. The molecule has 5 nitrogen and oxygen atoms in total. The normalized spacial score (nSPS) is 16.7. The second-order valence-electron chi connectivity index (χ2n) is 7.24. The summed E-state index contributed by atoms with van der Waals surface area (Å²) in [4.78, 5) is 29.9. The minimum atomic E-state index is -0.315. The van der Waals surface area contributed by atoms with Gasteiger partial charge in [0.05, 0.1) is 5.92 Å². The third kappa shape index (κ3) is 3.62. The van der Waals surface area contributed by atoms with E-state index >= 15 is 0 Å². The number of anilines is 1. The zero-order chi connectivity index (χ0) is 19.7. The van der Waals surface area contributed by atoms with Crippen LogP contribution in [-0.2, 0) is 16.0 Å². The molecule has 1 aromatic heterocycles. The van der Waals surface area contributed by atoms with E-state index in [1.165, 1.54) is 0 Å². The van der Waals surface area contributed by atoms with Crippen LogP contribution >= 0.6 is 11.6 Å². The van der Waals surface area contributed by atoms with E-state index in [0.717, 1.165) is 27.7 Å². The topological polar surface area (TPSA) is 65.2 Å². The minimum absolute atomic E-state index is 0.000667. The van der Waals surface area contributed by atoms with Gasteiger partial charge in [-0.1, -0.05) is 29.8 Å². The number of halogens is 1. The molecule has 2 heterocycles. The van der Waals surface area contributed by atoms with Gasteiger partial charge in [0.25, 0.3) is 0 Å². The molecule has 1 aliphatic heterocycles. The predicted octanol–water partition coefficient (Wildman–Crippen LogP) is 3.84. The fourth-order valence-electron chi connectivity index (χ4n) is 3.80. The molecule has 4 rings (SSSR count). The van der Waals surface area contributed by atoms with E-state index in [1.807, 2.05) is 55.6 Å². The number of fused-ring (bicyclic) bond motifs is 1. The number of aryl methyl sites for hydroxylation is 1. The van der Waals surface area contributed by atoms with Gasteiger partial charge < -0.3 is 15.2 Å². The van der Waals surface area contributed by atoms with Crippen molar-refractivity contribution in [1.29, 1.82) is 0 Å². The van der Waals surface area contributed by atoms with Crippen LogP contribution in [0.4, 0.5) is 5.69 Å². The number of carbonyl (C=O) groups is 2. The highest BCUT2D eigenvalue weighted by Crippen LogP contribution is 2.28. The zero-order valence-electron chi connectivity index (χ0n) is 15.7. The Morgan fingerprint density at radius 3 is 2.93 bits per heavy atom. The number of hydrogen-bond acceptors (Lipinski definition) is 2. The Bertz CT molecular complexity index is 1040. The lowest BCUT2D eigenvalue weighted by atomic mass is 10.1. The monoisotopic (exact) mass is 395 g/mol. The summed E-state index contributed by atoms with van der Waals surface area (Å²) in [5.41, 5.74) is 4.07. The number of para-hydroxylation sites is 1. The smallest absolute Gasteiger partial charge is 0.227 e. The van der Waals surface area contributed by atoms with E-state index in [9.17, 15) is 9.59 Å². The summed E-state index contributed by atoms with van der Waals surface area (Å²) < 4.78 is 0. The summed E-state index contributed by atoms with van der Waals surface area (Å²) >= 11 is 6.09. The lowest BCUT2D eigenvalue weighted by molar-refractivity contribution is -0.126. The number of H-pyrrole nitrogens is 1. The zero-order valence-corrected chi connectivity index (χ0v) is 16.4. The number of nitrogens with one attached hydrogen (secondary N) is 2. The summed E-state index contributed by atoms with van der Waals surface area (Å²) in [7, 11) is 0. The Hall–Kier alpha value is -2.79. The van der Waals surface area contributed by atoms with E-state index < -0.39 is 0 Å². The van der Waals surface area contributed by atoms with Crippen LogP contribution in [-0.4, -0.2) is 29.9 Å². The lowest BCUT2D eigenvalue weighted by Crippen LogP contribution is -2.34. The number of rotatable bonds is 5. The molecule has 144 valence electrons. The SMILES string of the molecule is Cc1ccccc1N1CC(C(=O)NCCc2c[nH]c3ccc(Cl)cc23)CC1=O. The first-order valence-electron chi connectivity index (χ1n) is 9.42. The minimum Gasteiger partial charge on any atom is -0.361 e. The highest BCUT2D eigenvalue weighted by atomic mass is 35.5. The van der Waals surface area contributed by atoms with Gasteiger partial charge in [-0.15, -0.1) is 0 Å². The van der Waals surface area contributed by atoms with Crippen LogP contribution in [0.15, 0.2) is 48.7 Å². The van der Waals surface area contributed by atoms with Crippen molar-refractivity contribution in [2.45, 2.75) is 19.8 Å². The Balaban J connectivity index is 1.36. The Morgan fingerprint density at radius 1 is 1.29 bits per heavy atom. The molecule has 2 N–H and O–H groups in total. The number of carbonyl (C=O) groups excluding carboxylic acids is 2. The van der Waals surface area contributed by atoms with Gasteiger partial charge >= 0.3 is 0 Å². The van der Waals surface area contributed by atoms with Gasteiger partial charge in [-0.05, 0) is 48.7 Å². The summed E-state index contributed by atoms with van der Waals surface area (Å²) in [5.74, 6) is -0.382. The van der Waals surface area contributed by atoms with Crippen LogP contribution in [0.3, 0.4) is 0 Å². The molecule has 1 atom stereocenters. The van der Waals surface area contributed by atoms with E-state index in [2.05, 4.69) is 10.3 Å². The average molecular weight is 396 g/mol. The molecule has 0 aliphatic carbocycles. The Morgan fingerprint density at radius 2 is 2.11 bits per heavy atom. The van der Waals surface area contributed by atoms with Crippen molar-refractivity contribution in [1.82, 2.24) is 10.3 Å². The molecule has 0 bridgehead atoms. The second kappa shape index (κ2) is 7.68. The molecule has 0 radical (unpaired) electrons. The van der Waals surface area contributed by atoms with Gasteiger partial charge in [-0.25, -0.2) is 0 Å². The third-order valence-corrected chi connectivity index (χ3v) is 5.56. The first-order chi connectivity index (χ1) is 13.5. The highest BCUT2D eigenvalue weighted by molar-refractivity contribution is 6.31. The molecule has 1 saturated heterocycles. The van der Waals surface area contributed by atoms with Crippen LogP contribution < -0.4 is 10.2 Å². The molecule has 0 spiro atoms. The maximum Gasteiger partial charge on any atom is 0.227 e. The largest absolute Gasteiger partial charge is 0.361 e. The summed E-state index contributed by atoms with van der Waals surface area (Å²) in [5, 5.41) is 4.75. The molecule has 3 aromatic rings. The van der Waals surface area contributed by atoms with Crippen molar-refractivity contribution in [2.24, 2.45) is 5.92 Å². The summed E-state index contributed by atoms with van der Waals surface area (Å²) in [6.07, 6.45) is 2.91. The fraction of sp³-hybridized carbons (Fsp3) is 0.273. The second-order valence-corrected chi connectivity index (χ2v) is 7.67.